The fourth-order valence-electron chi connectivity index (χ4n) is 2.76. The van der Waals surface area contributed by atoms with Gasteiger partial charge in [-0.15, -0.1) is 0 Å². The smallest absolute Gasteiger partial charge is 0.246 e. The first-order chi connectivity index (χ1) is 9.59. The SMILES string of the molecule is CC(=O)N(CC(=O)N(C)c1ccccc1)C1CCCC1. The molecule has 0 saturated heterocycles. The van der Waals surface area contributed by atoms with Crippen molar-refractivity contribution in [2.45, 2.75) is 38.6 Å². The van der Waals surface area contributed by atoms with E-state index in [4.69, 9.17) is 0 Å². The fourth-order valence-corrected chi connectivity index (χ4v) is 2.76. The number of likely N-dealkylation sites (N-methyl/N-ethyl adjacent to an activating group) is 1. The molecule has 0 bridgehead atoms. The van der Waals surface area contributed by atoms with E-state index >= 15 is 0 Å². The summed E-state index contributed by atoms with van der Waals surface area (Å²) in [5.74, 6) is -0.0509. The maximum absolute atomic E-state index is 12.3. The third-order valence-electron chi connectivity index (χ3n) is 3.99. The van der Waals surface area contributed by atoms with E-state index < -0.39 is 0 Å². The van der Waals surface area contributed by atoms with Crippen LogP contribution >= 0.6 is 0 Å². The van der Waals surface area contributed by atoms with Gasteiger partial charge in [0.1, 0.15) is 6.54 Å². The zero-order valence-electron chi connectivity index (χ0n) is 12.2. The van der Waals surface area contributed by atoms with Crippen LogP contribution in [-0.2, 0) is 9.59 Å². The van der Waals surface area contributed by atoms with Crippen LogP contribution in [0, 0.1) is 0 Å². The normalized spacial score (nSPS) is 15.1. The molecule has 0 heterocycles. The minimum Gasteiger partial charge on any atom is -0.331 e. The number of anilines is 1. The van der Waals surface area contributed by atoms with Crippen molar-refractivity contribution in [2.24, 2.45) is 0 Å². The highest BCUT2D eigenvalue weighted by Gasteiger charge is 2.27. The standard InChI is InChI=1S/C16H22N2O2/c1-13(19)18(15-10-6-7-11-15)12-16(20)17(2)14-8-4-3-5-9-14/h3-5,8-9,15H,6-7,10-12H2,1-2H3. The summed E-state index contributed by atoms with van der Waals surface area (Å²) in [6.07, 6.45) is 4.33. The summed E-state index contributed by atoms with van der Waals surface area (Å²) in [5, 5.41) is 0. The Morgan fingerprint density at radius 3 is 2.30 bits per heavy atom. The molecular formula is C16H22N2O2. The van der Waals surface area contributed by atoms with E-state index in [0.717, 1.165) is 31.4 Å². The van der Waals surface area contributed by atoms with Crippen LogP contribution in [0.3, 0.4) is 0 Å². The third kappa shape index (κ3) is 3.38. The number of carbonyl (C=O) groups is 2. The van der Waals surface area contributed by atoms with Gasteiger partial charge in [0.25, 0.3) is 0 Å². The van der Waals surface area contributed by atoms with Gasteiger partial charge in [-0.1, -0.05) is 31.0 Å². The Morgan fingerprint density at radius 1 is 1.15 bits per heavy atom. The first-order valence-electron chi connectivity index (χ1n) is 7.18. The second-order valence-corrected chi connectivity index (χ2v) is 5.37. The van der Waals surface area contributed by atoms with E-state index in [2.05, 4.69) is 0 Å². The molecule has 1 aliphatic carbocycles. The van der Waals surface area contributed by atoms with Crippen molar-refractivity contribution < 1.29 is 9.59 Å². The maximum Gasteiger partial charge on any atom is 0.246 e. The molecule has 0 aliphatic heterocycles. The van der Waals surface area contributed by atoms with Gasteiger partial charge in [0.15, 0.2) is 0 Å². The summed E-state index contributed by atoms with van der Waals surface area (Å²) in [5.41, 5.74) is 0.854. The molecule has 0 radical (unpaired) electrons. The summed E-state index contributed by atoms with van der Waals surface area (Å²) < 4.78 is 0. The number of hydrogen-bond donors (Lipinski definition) is 0. The molecule has 4 heteroatoms. The van der Waals surface area contributed by atoms with Gasteiger partial charge in [-0.3, -0.25) is 9.59 Å². The monoisotopic (exact) mass is 274 g/mol. The van der Waals surface area contributed by atoms with Crippen molar-refractivity contribution in [1.29, 1.82) is 0 Å². The lowest BCUT2D eigenvalue weighted by molar-refractivity contribution is -0.135. The highest BCUT2D eigenvalue weighted by Crippen LogP contribution is 2.24. The van der Waals surface area contributed by atoms with Gasteiger partial charge in [-0.05, 0) is 25.0 Å². The third-order valence-corrected chi connectivity index (χ3v) is 3.99. The molecule has 2 rings (SSSR count). The van der Waals surface area contributed by atoms with Crippen LogP contribution in [0.2, 0.25) is 0 Å². The van der Waals surface area contributed by atoms with Crippen molar-refractivity contribution in [3.8, 4) is 0 Å². The van der Waals surface area contributed by atoms with Crippen molar-refractivity contribution in [2.75, 3.05) is 18.5 Å². The van der Waals surface area contributed by atoms with Gasteiger partial charge >= 0.3 is 0 Å². The molecule has 108 valence electrons. The molecule has 0 aromatic heterocycles. The van der Waals surface area contributed by atoms with Crippen LogP contribution < -0.4 is 4.90 Å². The molecule has 4 nitrogen and oxygen atoms in total. The van der Waals surface area contributed by atoms with E-state index in [1.165, 1.54) is 0 Å². The Hall–Kier alpha value is -1.84. The van der Waals surface area contributed by atoms with E-state index in [1.54, 1.807) is 23.8 Å². The Balaban J connectivity index is 2.03. The van der Waals surface area contributed by atoms with Crippen molar-refractivity contribution in [1.82, 2.24) is 4.90 Å². The summed E-state index contributed by atoms with van der Waals surface area (Å²) in [6, 6.07) is 9.75. The predicted molar refractivity (Wildman–Crippen MR) is 79.5 cm³/mol. The molecule has 20 heavy (non-hydrogen) atoms. The Kier molecular flexibility index (Phi) is 4.77. The number of benzene rings is 1. The molecule has 1 saturated carbocycles. The lowest BCUT2D eigenvalue weighted by Crippen LogP contribution is -2.45. The molecule has 1 aromatic rings. The summed E-state index contributed by atoms with van der Waals surface area (Å²) in [6.45, 7) is 1.72. The largest absolute Gasteiger partial charge is 0.331 e. The Morgan fingerprint density at radius 2 is 1.75 bits per heavy atom. The molecule has 0 N–H and O–H groups in total. The topological polar surface area (TPSA) is 40.6 Å². The minimum absolute atomic E-state index is 0.00767. The lowest BCUT2D eigenvalue weighted by atomic mass is 10.2. The Bertz CT molecular complexity index is 467. The second kappa shape index (κ2) is 6.55. The van der Waals surface area contributed by atoms with Crippen LogP contribution in [0.25, 0.3) is 0 Å². The molecule has 1 fully saturated rings. The quantitative estimate of drug-likeness (QED) is 0.846. The van der Waals surface area contributed by atoms with E-state index in [-0.39, 0.29) is 24.4 Å². The predicted octanol–water partition coefficient (Wildman–Crippen LogP) is 2.44. The van der Waals surface area contributed by atoms with Crippen molar-refractivity contribution >= 4 is 17.5 Å². The Labute approximate surface area is 120 Å². The summed E-state index contributed by atoms with van der Waals surface area (Å²) in [7, 11) is 1.75. The average Bonchev–Trinajstić information content (AvgIpc) is 2.98. The molecule has 1 aromatic carbocycles. The van der Waals surface area contributed by atoms with Crippen LogP contribution in [0.15, 0.2) is 30.3 Å². The van der Waals surface area contributed by atoms with Gasteiger partial charge in [-0.25, -0.2) is 0 Å². The first-order valence-corrected chi connectivity index (χ1v) is 7.18. The van der Waals surface area contributed by atoms with Crippen LogP contribution in [0.4, 0.5) is 5.69 Å². The van der Waals surface area contributed by atoms with Crippen molar-refractivity contribution in [3.63, 3.8) is 0 Å². The van der Waals surface area contributed by atoms with Crippen LogP contribution in [0.1, 0.15) is 32.6 Å². The fraction of sp³-hybridized carbons (Fsp3) is 0.500. The van der Waals surface area contributed by atoms with Crippen LogP contribution in [-0.4, -0.2) is 36.3 Å². The van der Waals surface area contributed by atoms with Gasteiger partial charge < -0.3 is 9.80 Å². The van der Waals surface area contributed by atoms with E-state index in [1.807, 2.05) is 30.3 Å². The molecule has 1 aliphatic rings. The molecule has 0 spiro atoms. The zero-order chi connectivity index (χ0) is 14.5. The number of nitrogens with zero attached hydrogens (tertiary/aromatic N) is 2. The lowest BCUT2D eigenvalue weighted by Gasteiger charge is -2.29. The van der Waals surface area contributed by atoms with Gasteiger partial charge in [0.05, 0.1) is 0 Å². The second-order valence-electron chi connectivity index (χ2n) is 5.37. The minimum atomic E-state index is -0.0432. The maximum atomic E-state index is 12.3. The summed E-state index contributed by atoms with van der Waals surface area (Å²) >= 11 is 0. The van der Waals surface area contributed by atoms with Gasteiger partial charge in [0.2, 0.25) is 11.8 Å². The highest BCUT2D eigenvalue weighted by molar-refractivity contribution is 5.96. The number of carbonyl (C=O) groups excluding carboxylic acids is 2. The molecule has 0 unspecified atom stereocenters. The summed E-state index contributed by atoms with van der Waals surface area (Å²) in [4.78, 5) is 27.5. The van der Waals surface area contributed by atoms with Gasteiger partial charge in [-0.2, -0.15) is 0 Å². The number of amides is 2. The van der Waals surface area contributed by atoms with E-state index in [9.17, 15) is 9.59 Å². The first kappa shape index (κ1) is 14.6. The number of rotatable bonds is 4. The molecule has 0 atom stereocenters. The zero-order valence-corrected chi connectivity index (χ0v) is 12.2. The highest BCUT2D eigenvalue weighted by atomic mass is 16.2. The van der Waals surface area contributed by atoms with Gasteiger partial charge in [0, 0.05) is 25.7 Å². The molecule has 2 amide bonds. The molecular weight excluding hydrogens is 252 g/mol. The van der Waals surface area contributed by atoms with Crippen LogP contribution in [0.5, 0.6) is 0 Å². The van der Waals surface area contributed by atoms with Crippen molar-refractivity contribution in [3.05, 3.63) is 30.3 Å². The average molecular weight is 274 g/mol. The van der Waals surface area contributed by atoms with E-state index in [0.29, 0.717) is 0 Å². The number of para-hydroxylation sites is 1. The number of hydrogen-bond acceptors (Lipinski definition) is 2.